The normalized spacial score (nSPS) is 12.2. The Bertz CT molecular complexity index is 312. The number of carbonyl (C=O) groups is 1. The zero-order valence-corrected chi connectivity index (χ0v) is 8.29. The molecule has 0 saturated heterocycles. The largest absolute Gasteiger partial charge is 0.320 e. The predicted octanol–water partition coefficient (Wildman–Crippen LogP) is 0.200. The van der Waals surface area contributed by atoms with Crippen LogP contribution < -0.4 is 17.0 Å². The van der Waals surface area contributed by atoms with Crippen LogP contribution in [0.3, 0.4) is 0 Å². The maximum Gasteiger partial charge on any atom is 0.251 e. The number of nitrogens with one attached hydrogen (secondary N) is 1. The van der Waals surface area contributed by atoms with E-state index < -0.39 is 6.04 Å². The van der Waals surface area contributed by atoms with Crippen molar-refractivity contribution in [3.63, 3.8) is 0 Å². The lowest BCUT2D eigenvalue weighted by molar-refractivity contribution is -0.122. The number of benzene rings is 1. The fraction of sp³-hybridized carbons (Fsp3) is 0.222. The molecule has 0 radical (unpaired) electrons. The van der Waals surface area contributed by atoms with E-state index in [1.807, 2.05) is 17.6 Å². The molecule has 1 atom stereocenters. The van der Waals surface area contributed by atoms with Crippen LogP contribution in [0.15, 0.2) is 24.3 Å². The number of amides is 1. The quantitative estimate of drug-likeness (QED) is 0.381. The van der Waals surface area contributed by atoms with Gasteiger partial charge in [0.1, 0.15) is 0 Å². The molecule has 14 heavy (non-hydrogen) atoms. The highest BCUT2D eigenvalue weighted by atomic mass is 35.5. The SMILES string of the molecule is NNC(=O)C(N)Cc1ccc(Cl)cc1. The Morgan fingerprint density at radius 3 is 2.50 bits per heavy atom. The second-order valence-electron chi connectivity index (χ2n) is 2.95. The molecular formula is C9H12ClN3O. The third-order valence-electron chi connectivity index (χ3n) is 1.85. The van der Waals surface area contributed by atoms with Crippen LogP contribution in [-0.2, 0) is 11.2 Å². The topological polar surface area (TPSA) is 81.1 Å². The Balaban J connectivity index is 2.60. The van der Waals surface area contributed by atoms with Crippen LogP contribution in [0.4, 0.5) is 0 Å². The summed E-state index contributed by atoms with van der Waals surface area (Å²) < 4.78 is 0. The van der Waals surface area contributed by atoms with E-state index in [0.29, 0.717) is 11.4 Å². The van der Waals surface area contributed by atoms with E-state index >= 15 is 0 Å². The zero-order valence-electron chi connectivity index (χ0n) is 7.53. The number of nitrogens with two attached hydrogens (primary N) is 2. The van der Waals surface area contributed by atoms with Crippen molar-refractivity contribution in [1.82, 2.24) is 5.43 Å². The van der Waals surface area contributed by atoms with Crippen LogP contribution in [0.2, 0.25) is 5.02 Å². The summed E-state index contributed by atoms with van der Waals surface area (Å²) in [4.78, 5) is 11.0. The number of hydrazine groups is 1. The molecule has 0 aliphatic heterocycles. The third kappa shape index (κ3) is 2.99. The molecule has 5 N–H and O–H groups in total. The highest BCUT2D eigenvalue weighted by Gasteiger charge is 2.11. The van der Waals surface area contributed by atoms with Gasteiger partial charge in [0.25, 0.3) is 5.91 Å². The lowest BCUT2D eigenvalue weighted by Crippen LogP contribution is -2.45. The molecule has 0 fully saturated rings. The van der Waals surface area contributed by atoms with Crippen molar-refractivity contribution in [1.29, 1.82) is 0 Å². The fourth-order valence-corrected chi connectivity index (χ4v) is 1.20. The molecule has 1 aromatic rings. The third-order valence-corrected chi connectivity index (χ3v) is 2.10. The summed E-state index contributed by atoms with van der Waals surface area (Å²) in [7, 11) is 0. The molecule has 0 aromatic heterocycles. The van der Waals surface area contributed by atoms with Gasteiger partial charge in [-0.15, -0.1) is 0 Å². The van der Waals surface area contributed by atoms with Crippen molar-refractivity contribution in [2.75, 3.05) is 0 Å². The van der Waals surface area contributed by atoms with Gasteiger partial charge >= 0.3 is 0 Å². The van der Waals surface area contributed by atoms with Crippen molar-refractivity contribution < 1.29 is 4.79 Å². The standard InChI is InChI=1S/C9H12ClN3O/c10-7-3-1-6(2-4-7)5-8(11)9(14)13-12/h1-4,8H,5,11-12H2,(H,13,14). The van der Waals surface area contributed by atoms with E-state index in [0.717, 1.165) is 5.56 Å². The minimum Gasteiger partial charge on any atom is -0.320 e. The lowest BCUT2D eigenvalue weighted by Gasteiger charge is -2.09. The van der Waals surface area contributed by atoms with Crippen molar-refractivity contribution >= 4 is 17.5 Å². The van der Waals surface area contributed by atoms with Crippen LogP contribution in [-0.4, -0.2) is 11.9 Å². The molecule has 76 valence electrons. The average Bonchev–Trinajstić information content (AvgIpc) is 2.20. The van der Waals surface area contributed by atoms with Crippen LogP contribution in [0.5, 0.6) is 0 Å². The zero-order chi connectivity index (χ0) is 10.6. The summed E-state index contributed by atoms with van der Waals surface area (Å²) in [5.74, 6) is 4.58. The fourth-order valence-electron chi connectivity index (χ4n) is 1.07. The molecular weight excluding hydrogens is 202 g/mol. The smallest absolute Gasteiger partial charge is 0.251 e. The first kappa shape index (κ1) is 11.0. The molecule has 0 bridgehead atoms. The van der Waals surface area contributed by atoms with E-state index in [1.165, 1.54) is 0 Å². The number of carbonyl (C=O) groups excluding carboxylic acids is 1. The van der Waals surface area contributed by atoms with Crippen LogP contribution in [0.25, 0.3) is 0 Å². The first-order valence-electron chi connectivity index (χ1n) is 4.14. The van der Waals surface area contributed by atoms with E-state index in [1.54, 1.807) is 12.1 Å². The summed E-state index contributed by atoms with van der Waals surface area (Å²) in [6.07, 6.45) is 0.445. The van der Waals surface area contributed by atoms with Gasteiger partial charge in [0.15, 0.2) is 0 Å². The number of hydrogen-bond donors (Lipinski definition) is 3. The van der Waals surface area contributed by atoms with Gasteiger partial charge in [-0.2, -0.15) is 0 Å². The Morgan fingerprint density at radius 1 is 1.43 bits per heavy atom. The van der Waals surface area contributed by atoms with Crippen molar-refractivity contribution in [3.05, 3.63) is 34.9 Å². The first-order chi connectivity index (χ1) is 6.63. The number of rotatable bonds is 3. The Morgan fingerprint density at radius 2 is 2.00 bits per heavy atom. The van der Waals surface area contributed by atoms with Gasteiger partial charge in [-0.1, -0.05) is 23.7 Å². The van der Waals surface area contributed by atoms with Gasteiger partial charge in [-0.05, 0) is 24.1 Å². The van der Waals surface area contributed by atoms with Gasteiger partial charge in [-0.3, -0.25) is 10.2 Å². The minimum atomic E-state index is -0.624. The van der Waals surface area contributed by atoms with Crippen LogP contribution >= 0.6 is 11.6 Å². The summed E-state index contributed by atoms with van der Waals surface area (Å²) in [6, 6.07) is 6.53. The molecule has 0 aliphatic carbocycles. The average molecular weight is 214 g/mol. The van der Waals surface area contributed by atoms with Crippen molar-refractivity contribution in [3.8, 4) is 0 Å². The van der Waals surface area contributed by atoms with Gasteiger partial charge in [0.2, 0.25) is 0 Å². The minimum absolute atomic E-state index is 0.375. The van der Waals surface area contributed by atoms with Crippen LogP contribution in [0.1, 0.15) is 5.56 Å². The molecule has 1 rings (SSSR count). The lowest BCUT2D eigenvalue weighted by atomic mass is 10.1. The highest BCUT2D eigenvalue weighted by molar-refractivity contribution is 6.30. The van der Waals surface area contributed by atoms with Crippen molar-refractivity contribution in [2.45, 2.75) is 12.5 Å². The summed E-state index contributed by atoms with van der Waals surface area (Å²) in [6.45, 7) is 0. The Hall–Kier alpha value is -1.10. The molecule has 0 aliphatic rings. The molecule has 1 amide bonds. The second-order valence-corrected chi connectivity index (χ2v) is 3.38. The van der Waals surface area contributed by atoms with Crippen molar-refractivity contribution in [2.24, 2.45) is 11.6 Å². The molecule has 0 saturated carbocycles. The van der Waals surface area contributed by atoms with Gasteiger partial charge in [0, 0.05) is 5.02 Å². The van der Waals surface area contributed by atoms with E-state index in [2.05, 4.69) is 0 Å². The molecule has 5 heteroatoms. The maximum absolute atomic E-state index is 11.0. The van der Waals surface area contributed by atoms with E-state index in [-0.39, 0.29) is 5.91 Å². The summed E-state index contributed by atoms with van der Waals surface area (Å²) in [5, 5.41) is 0.658. The molecule has 1 aromatic carbocycles. The summed E-state index contributed by atoms with van der Waals surface area (Å²) in [5.41, 5.74) is 8.53. The molecule has 0 heterocycles. The molecule has 4 nitrogen and oxygen atoms in total. The number of halogens is 1. The highest BCUT2D eigenvalue weighted by Crippen LogP contribution is 2.10. The Kier molecular flexibility index (Phi) is 3.88. The Labute approximate surface area is 87.2 Å². The van der Waals surface area contributed by atoms with E-state index in [4.69, 9.17) is 23.2 Å². The predicted molar refractivity (Wildman–Crippen MR) is 55.5 cm³/mol. The van der Waals surface area contributed by atoms with Gasteiger partial charge < -0.3 is 5.73 Å². The van der Waals surface area contributed by atoms with Gasteiger partial charge in [-0.25, -0.2) is 5.84 Å². The maximum atomic E-state index is 11.0. The van der Waals surface area contributed by atoms with Crippen LogP contribution in [0, 0.1) is 0 Å². The molecule has 0 spiro atoms. The van der Waals surface area contributed by atoms with Gasteiger partial charge in [0.05, 0.1) is 6.04 Å². The monoisotopic (exact) mass is 213 g/mol. The first-order valence-corrected chi connectivity index (χ1v) is 4.51. The van der Waals surface area contributed by atoms with E-state index in [9.17, 15) is 4.79 Å². The number of hydrogen-bond acceptors (Lipinski definition) is 3. The summed E-state index contributed by atoms with van der Waals surface area (Å²) >= 11 is 5.71. The second kappa shape index (κ2) is 4.95. The molecule has 1 unspecified atom stereocenters.